The second kappa shape index (κ2) is 8.60. The van der Waals surface area contributed by atoms with Gasteiger partial charge in [-0.25, -0.2) is 0 Å². The molecular weight excluding hydrogens is 362 g/mol. The molecule has 0 aliphatic heterocycles. The Kier molecular flexibility index (Phi) is 5.99. The zero-order valence-electron chi connectivity index (χ0n) is 15.1. The van der Waals surface area contributed by atoms with Crippen LogP contribution in [0.15, 0.2) is 72.8 Å². The van der Waals surface area contributed by atoms with E-state index in [-0.39, 0.29) is 11.9 Å². The zero-order chi connectivity index (χ0) is 19.2. The van der Waals surface area contributed by atoms with Crippen LogP contribution < -0.4 is 14.8 Å². The van der Waals surface area contributed by atoms with Gasteiger partial charge in [-0.2, -0.15) is 0 Å². The van der Waals surface area contributed by atoms with Gasteiger partial charge in [-0.05, 0) is 35.4 Å². The Morgan fingerprint density at radius 1 is 0.815 bits per heavy atom. The number of hydrogen-bond acceptors (Lipinski definition) is 3. The largest absolute Gasteiger partial charge is 0.496 e. The summed E-state index contributed by atoms with van der Waals surface area (Å²) in [5.74, 6) is 0.623. The normalized spacial score (nSPS) is 11.5. The van der Waals surface area contributed by atoms with Gasteiger partial charge in [-0.3, -0.25) is 4.79 Å². The molecule has 0 fully saturated rings. The summed E-state index contributed by atoms with van der Waals surface area (Å²) in [4.78, 5) is 13.1. The summed E-state index contributed by atoms with van der Waals surface area (Å²) in [6, 6.07) is 22.1. The lowest BCUT2D eigenvalue weighted by Crippen LogP contribution is -2.30. The maximum atomic E-state index is 13.1. The molecule has 138 valence electrons. The molecular formula is C22H20ClNO3. The fraction of sp³-hybridized carbons (Fsp3) is 0.136. The quantitative estimate of drug-likeness (QED) is 0.662. The Labute approximate surface area is 163 Å². The summed E-state index contributed by atoms with van der Waals surface area (Å²) < 4.78 is 10.7. The van der Waals surface area contributed by atoms with Crippen molar-refractivity contribution in [1.82, 2.24) is 5.32 Å². The van der Waals surface area contributed by atoms with Crippen LogP contribution in [0.3, 0.4) is 0 Å². The van der Waals surface area contributed by atoms with Crippen molar-refractivity contribution in [2.45, 2.75) is 6.04 Å². The third kappa shape index (κ3) is 4.23. The van der Waals surface area contributed by atoms with Crippen LogP contribution in [-0.2, 0) is 0 Å². The van der Waals surface area contributed by atoms with Crippen LogP contribution in [-0.4, -0.2) is 20.1 Å². The number of halogens is 1. The predicted molar refractivity (Wildman–Crippen MR) is 107 cm³/mol. The Bertz CT molecular complexity index is 888. The molecule has 0 spiro atoms. The van der Waals surface area contributed by atoms with Crippen LogP contribution in [0, 0.1) is 0 Å². The maximum absolute atomic E-state index is 13.1. The van der Waals surface area contributed by atoms with Crippen molar-refractivity contribution in [1.29, 1.82) is 0 Å². The number of hydrogen-bond donors (Lipinski definition) is 1. The van der Waals surface area contributed by atoms with Gasteiger partial charge in [-0.1, -0.05) is 60.1 Å². The van der Waals surface area contributed by atoms with Crippen molar-refractivity contribution in [3.8, 4) is 11.5 Å². The number of methoxy groups -OCH3 is 2. The highest BCUT2D eigenvalue weighted by atomic mass is 35.5. The van der Waals surface area contributed by atoms with Crippen molar-refractivity contribution in [3.63, 3.8) is 0 Å². The van der Waals surface area contributed by atoms with Crippen molar-refractivity contribution >= 4 is 17.5 Å². The summed E-state index contributed by atoms with van der Waals surface area (Å²) in [6.45, 7) is 0. The molecule has 0 aliphatic rings. The average molecular weight is 382 g/mol. The van der Waals surface area contributed by atoms with E-state index in [9.17, 15) is 4.79 Å². The van der Waals surface area contributed by atoms with Crippen LogP contribution in [0.1, 0.15) is 27.5 Å². The van der Waals surface area contributed by atoms with Gasteiger partial charge in [0.05, 0.1) is 20.3 Å². The average Bonchev–Trinajstić information content (AvgIpc) is 2.72. The minimum Gasteiger partial charge on any atom is -0.496 e. The predicted octanol–water partition coefficient (Wildman–Crippen LogP) is 4.88. The minimum absolute atomic E-state index is 0.284. The molecule has 0 bridgehead atoms. The highest BCUT2D eigenvalue weighted by Crippen LogP contribution is 2.30. The fourth-order valence-electron chi connectivity index (χ4n) is 2.94. The number of benzene rings is 3. The third-order valence-electron chi connectivity index (χ3n) is 4.27. The summed E-state index contributed by atoms with van der Waals surface area (Å²) in [6.07, 6.45) is 0. The fourth-order valence-corrected chi connectivity index (χ4v) is 3.06. The lowest BCUT2D eigenvalue weighted by atomic mass is 9.98. The van der Waals surface area contributed by atoms with E-state index in [2.05, 4.69) is 5.32 Å². The van der Waals surface area contributed by atoms with E-state index in [1.54, 1.807) is 18.2 Å². The summed E-state index contributed by atoms with van der Waals surface area (Å²) in [7, 11) is 3.05. The first kappa shape index (κ1) is 18.8. The molecule has 0 unspecified atom stereocenters. The monoisotopic (exact) mass is 381 g/mol. The van der Waals surface area contributed by atoms with E-state index in [0.29, 0.717) is 22.1 Å². The molecule has 0 saturated carbocycles. The number of rotatable bonds is 6. The first-order valence-electron chi connectivity index (χ1n) is 8.46. The smallest absolute Gasteiger partial charge is 0.259 e. The Morgan fingerprint density at radius 2 is 1.37 bits per heavy atom. The minimum atomic E-state index is -0.342. The number of ether oxygens (including phenoxy) is 2. The first-order chi connectivity index (χ1) is 13.1. The van der Waals surface area contributed by atoms with E-state index in [1.165, 1.54) is 14.2 Å². The summed E-state index contributed by atoms with van der Waals surface area (Å²) in [5.41, 5.74) is 2.24. The number of nitrogens with one attached hydrogen (secondary N) is 1. The molecule has 1 N–H and O–H groups in total. The van der Waals surface area contributed by atoms with Crippen molar-refractivity contribution in [2.75, 3.05) is 14.2 Å². The Hall–Kier alpha value is -2.98. The van der Waals surface area contributed by atoms with E-state index in [0.717, 1.165) is 11.1 Å². The van der Waals surface area contributed by atoms with E-state index in [1.807, 2.05) is 54.6 Å². The molecule has 0 aliphatic carbocycles. The maximum Gasteiger partial charge on any atom is 0.259 e. The van der Waals surface area contributed by atoms with Gasteiger partial charge in [0.25, 0.3) is 5.91 Å². The van der Waals surface area contributed by atoms with Crippen LogP contribution >= 0.6 is 11.6 Å². The van der Waals surface area contributed by atoms with Crippen LogP contribution in [0.25, 0.3) is 0 Å². The first-order valence-corrected chi connectivity index (χ1v) is 8.84. The van der Waals surface area contributed by atoms with Gasteiger partial charge in [0.1, 0.15) is 17.1 Å². The summed E-state index contributed by atoms with van der Waals surface area (Å²) in [5, 5.41) is 3.73. The van der Waals surface area contributed by atoms with Crippen molar-refractivity contribution in [3.05, 3.63) is 94.5 Å². The van der Waals surface area contributed by atoms with Crippen LogP contribution in [0.2, 0.25) is 5.02 Å². The molecule has 0 radical (unpaired) electrons. The van der Waals surface area contributed by atoms with Gasteiger partial charge in [-0.15, -0.1) is 0 Å². The van der Waals surface area contributed by atoms with Gasteiger partial charge >= 0.3 is 0 Å². The highest BCUT2D eigenvalue weighted by molar-refractivity contribution is 6.30. The molecule has 0 saturated heterocycles. The molecule has 1 atom stereocenters. The lowest BCUT2D eigenvalue weighted by molar-refractivity contribution is 0.0936. The molecule has 5 heteroatoms. The SMILES string of the molecule is COc1cccc(OC)c1C(=O)N[C@H](c1ccccc1)c1ccc(Cl)cc1. The Balaban J connectivity index is 2.00. The van der Waals surface area contributed by atoms with Crippen molar-refractivity contribution < 1.29 is 14.3 Å². The number of carbonyl (C=O) groups is 1. The molecule has 0 aromatic heterocycles. The second-order valence-electron chi connectivity index (χ2n) is 5.91. The lowest BCUT2D eigenvalue weighted by Gasteiger charge is -2.21. The van der Waals surface area contributed by atoms with Crippen molar-refractivity contribution in [2.24, 2.45) is 0 Å². The third-order valence-corrected chi connectivity index (χ3v) is 4.52. The molecule has 3 rings (SSSR count). The topological polar surface area (TPSA) is 47.6 Å². The van der Waals surface area contributed by atoms with Gasteiger partial charge in [0, 0.05) is 5.02 Å². The standard InChI is InChI=1S/C22H20ClNO3/c1-26-18-9-6-10-19(27-2)20(18)22(25)24-21(15-7-4-3-5-8-15)16-11-13-17(23)14-12-16/h3-14,21H,1-2H3,(H,24,25)/t21-/m1/s1. The molecule has 0 heterocycles. The van der Waals surface area contributed by atoms with E-state index in [4.69, 9.17) is 21.1 Å². The van der Waals surface area contributed by atoms with Gasteiger partial charge < -0.3 is 14.8 Å². The second-order valence-corrected chi connectivity index (χ2v) is 6.34. The van der Waals surface area contributed by atoms with E-state index < -0.39 is 0 Å². The van der Waals surface area contributed by atoms with Gasteiger partial charge in [0.2, 0.25) is 0 Å². The molecule has 3 aromatic rings. The highest BCUT2D eigenvalue weighted by Gasteiger charge is 2.23. The molecule has 3 aromatic carbocycles. The molecule has 4 nitrogen and oxygen atoms in total. The zero-order valence-corrected chi connectivity index (χ0v) is 15.9. The van der Waals surface area contributed by atoms with Gasteiger partial charge in [0.15, 0.2) is 0 Å². The van der Waals surface area contributed by atoms with Crippen LogP contribution in [0.5, 0.6) is 11.5 Å². The van der Waals surface area contributed by atoms with Crippen LogP contribution in [0.4, 0.5) is 0 Å². The molecule has 1 amide bonds. The summed E-state index contributed by atoms with van der Waals surface area (Å²) >= 11 is 6.02. The number of carbonyl (C=O) groups excluding carboxylic acids is 1. The Morgan fingerprint density at radius 3 is 1.93 bits per heavy atom. The van der Waals surface area contributed by atoms with E-state index >= 15 is 0 Å². The molecule has 27 heavy (non-hydrogen) atoms. The number of amides is 1.